The van der Waals surface area contributed by atoms with Crippen LogP contribution in [-0.2, 0) is 22.5 Å². The summed E-state index contributed by atoms with van der Waals surface area (Å²) < 4.78 is 7.62. The highest BCUT2D eigenvalue weighted by molar-refractivity contribution is 7.99. The van der Waals surface area contributed by atoms with Crippen LogP contribution in [0.2, 0.25) is 0 Å². The van der Waals surface area contributed by atoms with Gasteiger partial charge in [0, 0.05) is 31.9 Å². The smallest absolute Gasteiger partial charge is 0.237 e. The third kappa shape index (κ3) is 4.03. The minimum Gasteiger partial charge on any atom is -0.378 e. The highest BCUT2D eigenvalue weighted by Crippen LogP contribution is 2.29. The van der Waals surface area contributed by atoms with Crippen molar-refractivity contribution < 1.29 is 9.53 Å². The Kier molecular flexibility index (Phi) is 5.87. The van der Waals surface area contributed by atoms with E-state index >= 15 is 0 Å². The highest BCUT2D eigenvalue weighted by Gasteiger charge is 2.26. The number of carbonyl (C=O) groups is 1. The molecule has 28 heavy (non-hydrogen) atoms. The predicted molar refractivity (Wildman–Crippen MR) is 111 cm³/mol. The number of fused-ring (bicyclic) bond motifs is 1. The molecule has 0 atom stereocenters. The van der Waals surface area contributed by atoms with Crippen molar-refractivity contribution in [3.8, 4) is 0 Å². The molecular weight excluding hydrogens is 374 g/mol. The number of para-hydroxylation sites is 1. The number of thioether (sulfide) groups is 1. The second-order valence-corrected chi connectivity index (χ2v) is 8.54. The molecule has 1 amide bonds. The Bertz CT molecular complexity index is 832. The number of ether oxygens (including phenoxy) is 1. The Labute approximate surface area is 170 Å². The van der Waals surface area contributed by atoms with Gasteiger partial charge in [0.2, 0.25) is 11.9 Å². The monoisotopic (exact) mass is 401 g/mol. The average Bonchev–Trinajstić information content (AvgIpc) is 3.31. The summed E-state index contributed by atoms with van der Waals surface area (Å²) in [5, 5.41) is 9.67. The number of hydrogen-bond donors (Lipinski definition) is 0. The molecule has 3 heterocycles. The van der Waals surface area contributed by atoms with E-state index in [1.807, 2.05) is 23.1 Å². The van der Waals surface area contributed by atoms with Gasteiger partial charge in [0.15, 0.2) is 5.16 Å². The van der Waals surface area contributed by atoms with Gasteiger partial charge in [-0.25, -0.2) is 0 Å². The lowest BCUT2D eigenvalue weighted by Crippen LogP contribution is -2.38. The van der Waals surface area contributed by atoms with Crippen LogP contribution in [0.15, 0.2) is 29.4 Å². The highest BCUT2D eigenvalue weighted by atomic mass is 32.2. The Hall–Kier alpha value is -2.06. The fourth-order valence-corrected chi connectivity index (χ4v) is 4.53. The molecule has 0 bridgehead atoms. The van der Waals surface area contributed by atoms with Crippen LogP contribution in [0.4, 0.5) is 11.6 Å². The number of hydrogen-bond acceptors (Lipinski definition) is 6. The number of morpholine rings is 1. The molecule has 2 aliphatic rings. The van der Waals surface area contributed by atoms with E-state index in [2.05, 4.69) is 39.6 Å². The molecule has 0 saturated carbocycles. The number of anilines is 2. The second-order valence-electron chi connectivity index (χ2n) is 7.60. The molecule has 4 rings (SSSR count). The van der Waals surface area contributed by atoms with Crippen LogP contribution < -0.4 is 9.80 Å². The Morgan fingerprint density at radius 2 is 1.96 bits per heavy atom. The van der Waals surface area contributed by atoms with E-state index in [0.29, 0.717) is 24.9 Å². The number of nitrogens with zero attached hydrogens (tertiary/aromatic N) is 5. The number of rotatable bonds is 6. The second kappa shape index (κ2) is 8.53. The summed E-state index contributed by atoms with van der Waals surface area (Å²) in [6, 6.07) is 8.15. The summed E-state index contributed by atoms with van der Waals surface area (Å²) in [6.07, 6.45) is 0.928. The molecule has 1 saturated heterocycles. The van der Waals surface area contributed by atoms with Gasteiger partial charge in [-0.3, -0.25) is 9.36 Å². The van der Waals surface area contributed by atoms with Gasteiger partial charge >= 0.3 is 0 Å². The lowest BCUT2D eigenvalue weighted by atomic mass is 10.2. The molecule has 0 N–H and O–H groups in total. The summed E-state index contributed by atoms with van der Waals surface area (Å²) >= 11 is 1.48. The molecule has 2 aliphatic heterocycles. The van der Waals surface area contributed by atoms with Crippen molar-refractivity contribution >= 4 is 29.3 Å². The maximum atomic E-state index is 12.8. The number of amides is 1. The van der Waals surface area contributed by atoms with Gasteiger partial charge in [-0.1, -0.05) is 43.8 Å². The maximum Gasteiger partial charge on any atom is 0.237 e. The number of benzene rings is 1. The third-order valence-electron chi connectivity index (χ3n) is 5.05. The predicted octanol–water partition coefficient (Wildman–Crippen LogP) is 2.45. The molecule has 2 aromatic rings. The summed E-state index contributed by atoms with van der Waals surface area (Å²) in [5.41, 5.74) is 2.30. The summed E-state index contributed by atoms with van der Waals surface area (Å²) in [4.78, 5) is 17.0. The Morgan fingerprint density at radius 1 is 1.18 bits per heavy atom. The first kappa shape index (κ1) is 19.3. The first-order valence-electron chi connectivity index (χ1n) is 9.90. The van der Waals surface area contributed by atoms with Crippen molar-refractivity contribution in [3.05, 3.63) is 29.8 Å². The largest absolute Gasteiger partial charge is 0.378 e. The van der Waals surface area contributed by atoms with Gasteiger partial charge in [0.05, 0.1) is 19.0 Å². The zero-order valence-corrected chi connectivity index (χ0v) is 17.3. The van der Waals surface area contributed by atoms with Crippen LogP contribution in [0, 0.1) is 5.92 Å². The zero-order valence-electron chi connectivity index (χ0n) is 16.5. The van der Waals surface area contributed by atoms with E-state index < -0.39 is 0 Å². The molecule has 7 nitrogen and oxygen atoms in total. The van der Waals surface area contributed by atoms with Gasteiger partial charge in [0.25, 0.3) is 0 Å². The number of carbonyl (C=O) groups excluding carboxylic acids is 1. The van der Waals surface area contributed by atoms with Gasteiger partial charge < -0.3 is 14.5 Å². The summed E-state index contributed by atoms with van der Waals surface area (Å²) in [5.74, 6) is 1.85. The maximum absolute atomic E-state index is 12.8. The molecule has 8 heteroatoms. The van der Waals surface area contributed by atoms with E-state index in [0.717, 1.165) is 49.4 Å². The van der Waals surface area contributed by atoms with Crippen LogP contribution in [0.1, 0.15) is 19.4 Å². The quantitative estimate of drug-likeness (QED) is 0.693. The molecule has 0 unspecified atom stereocenters. The lowest BCUT2D eigenvalue weighted by Gasteiger charge is -2.28. The minimum absolute atomic E-state index is 0.127. The third-order valence-corrected chi connectivity index (χ3v) is 6.00. The minimum atomic E-state index is 0.127. The SMILES string of the molecule is CC(C)Cn1c(SCC(=O)N2CCc3ccccc32)nnc1N1CCOCC1. The molecule has 150 valence electrons. The van der Waals surface area contributed by atoms with Crippen molar-refractivity contribution in [2.45, 2.75) is 32.0 Å². The van der Waals surface area contributed by atoms with E-state index in [-0.39, 0.29) is 5.91 Å². The van der Waals surface area contributed by atoms with Crippen molar-refractivity contribution in [2.24, 2.45) is 5.92 Å². The van der Waals surface area contributed by atoms with E-state index in [1.54, 1.807) is 0 Å². The summed E-state index contributed by atoms with van der Waals surface area (Å²) in [7, 11) is 0. The first-order chi connectivity index (χ1) is 13.6. The fourth-order valence-electron chi connectivity index (χ4n) is 3.71. The van der Waals surface area contributed by atoms with Crippen LogP contribution in [0.25, 0.3) is 0 Å². The summed E-state index contributed by atoms with van der Waals surface area (Å²) in [6.45, 7) is 9.04. The van der Waals surface area contributed by atoms with E-state index in [4.69, 9.17) is 4.74 Å². The first-order valence-corrected chi connectivity index (χ1v) is 10.9. The number of aromatic nitrogens is 3. The van der Waals surface area contributed by atoms with Gasteiger partial charge in [-0.2, -0.15) is 0 Å². The molecule has 0 aliphatic carbocycles. The molecular formula is C20H27N5O2S. The van der Waals surface area contributed by atoms with Crippen molar-refractivity contribution in [1.29, 1.82) is 0 Å². The Balaban J connectivity index is 1.47. The normalized spacial score (nSPS) is 16.7. The zero-order chi connectivity index (χ0) is 19.5. The average molecular weight is 402 g/mol. The molecule has 1 fully saturated rings. The molecule has 0 radical (unpaired) electrons. The molecule has 1 aromatic carbocycles. The Morgan fingerprint density at radius 3 is 2.75 bits per heavy atom. The van der Waals surface area contributed by atoms with Crippen molar-refractivity contribution in [2.75, 3.05) is 48.4 Å². The molecule has 0 spiro atoms. The van der Waals surface area contributed by atoms with E-state index in [9.17, 15) is 4.79 Å². The van der Waals surface area contributed by atoms with Gasteiger partial charge in [-0.05, 0) is 24.0 Å². The van der Waals surface area contributed by atoms with Crippen LogP contribution in [-0.4, -0.2) is 59.3 Å². The van der Waals surface area contributed by atoms with Crippen LogP contribution in [0.5, 0.6) is 0 Å². The molecule has 1 aromatic heterocycles. The van der Waals surface area contributed by atoms with Crippen LogP contribution >= 0.6 is 11.8 Å². The van der Waals surface area contributed by atoms with Gasteiger partial charge in [-0.15, -0.1) is 10.2 Å². The van der Waals surface area contributed by atoms with Gasteiger partial charge in [0.1, 0.15) is 0 Å². The van der Waals surface area contributed by atoms with Crippen LogP contribution in [0.3, 0.4) is 0 Å². The lowest BCUT2D eigenvalue weighted by molar-refractivity contribution is -0.116. The van der Waals surface area contributed by atoms with Crippen molar-refractivity contribution in [1.82, 2.24) is 14.8 Å². The van der Waals surface area contributed by atoms with E-state index in [1.165, 1.54) is 17.3 Å². The fraction of sp³-hybridized carbons (Fsp3) is 0.550. The topological polar surface area (TPSA) is 63.5 Å². The standard InChI is InChI=1S/C20H27N5O2S/c1-15(2)13-25-19(23-9-11-27-12-10-23)21-22-20(25)28-14-18(26)24-8-7-16-5-3-4-6-17(16)24/h3-6,15H,7-14H2,1-2H3. The van der Waals surface area contributed by atoms with Crippen molar-refractivity contribution in [3.63, 3.8) is 0 Å².